The van der Waals surface area contributed by atoms with Crippen LogP contribution >= 0.6 is 0 Å². The number of nitrogens with two attached hydrogens (primary N) is 2. The molecule has 0 bridgehead atoms. The Morgan fingerprint density at radius 3 is 2.70 bits per heavy atom. The van der Waals surface area contributed by atoms with Gasteiger partial charge in [0.15, 0.2) is 6.29 Å². The zero-order valence-electron chi connectivity index (χ0n) is 11.6. The van der Waals surface area contributed by atoms with Crippen LogP contribution in [-0.4, -0.2) is 75.6 Å². The van der Waals surface area contributed by atoms with Gasteiger partial charge in [-0.05, 0) is 0 Å². The third-order valence-electron chi connectivity index (χ3n) is 2.94. The van der Waals surface area contributed by atoms with Crippen molar-refractivity contribution in [1.29, 1.82) is 0 Å². The molecule has 0 radical (unpaired) electrons. The molecule has 1 fully saturated rings. The van der Waals surface area contributed by atoms with E-state index >= 15 is 0 Å². The third kappa shape index (κ3) is 4.30. The molecule has 0 saturated carbocycles. The molecule has 2 aliphatic rings. The highest BCUT2D eigenvalue weighted by Crippen LogP contribution is 2.04. The topological polar surface area (TPSA) is 125 Å². The monoisotopic (exact) mass is 284 g/mol. The van der Waals surface area contributed by atoms with Gasteiger partial charge in [0, 0.05) is 39.3 Å². The second-order valence-corrected chi connectivity index (χ2v) is 4.49. The lowest BCUT2D eigenvalue weighted by atomic mass is 10.4. The van der Waals surface area contributed by atoms with E-state index in [4.69, 9.17) is 16.2 Å². The highest BCUT2D eigenvalue weighted by atomic mass is 16.5. The first-order valence-corrected chi connectivity index (χ1v) is 6.96. The van der Waals surface area contributed by atoms with Gasteiger partial charge in [0.05, 0.1) is 13.2 Å². The van der Waals surface area contributed by atoms with Crippen LogP contribution in [0.15, 0.2) is 9.98 Å². The Morgan fingerprint density at radius 1 is 1.25 bits per heavy atom. The minimum atomic E-state index is -0.228. The Labute approximate surface area is 118 Å². The molecule has 9 nitrogen and oxygen atoms in total. The first kappa shape index (κ1) is 15.0. The van der Waals surface area contributed by atoms with E-state index in [9.17, 15) is 0 Å². The molecule has 0 spiro atoms. The number of rotatable bonds is 5. The minimum Gasteiger partial charge on any atom is -0.378 e. The van der Waals surface area contributed by atoms with Crippen LogP contribution in [0.25, 0.3) is 0 Å². The molecule has 1 unspecified atom stereocenters. The largest absolute Gasteiger partial charge is 0.378 e. The Balaban J connectivity index is 2.02. The summed E-state index contributed by atoms with van der Waals surface area (Å²) in [6, 6.07) is 0. The molecule has 2 heterocycles. The Bertz CT molecular complexity index is 352. The number of ether oxygens (including phenoxy) is 1. The number of guanidine groups is 2. The van der Waals surface area contributed by atoms with Gasteiger partial charge in [-0.3, -0.25) is 5.32 Å². The summed E-state index contributed by atoms with van der Waals surface area (Å²) in [6.45, 7) is 5.46. The zero-order valence-corrected chi connectivity index (χ0v) is 11.6. The fourth-order valence-electron chi connectivity index (χ4n) is 1.95. The molecule has 7 N–H and O–H groups in total. The normalized spacial score (nSPS) is 22.9. The van der Waals surface area contributed by atoms with E-state index in [1.54, 1.807) is 0 Å². The van der Waals surface area contributed by atoms with Crippen LogP contribution in [0.3, 0.4) is 0 Å². The summed E-state index contributed by atoms with van der Waals surface area (Å²) in [5.41, 5.74) is 11.0. The molecule has 20 heavy (non-hydrogen) atoms. The molecule has 0 amide bonds. The van der Waals surface area contributed by atoms with Gasteiger partial charge in [0.2, 0.25) is 11.9 Å². The number of aliphatic imine (C=N–C) groups is 2. The summed E-state index contributed by atoms with van der Waals surface area (Å²) in [4.78, 5) is 11.2. The predicted octanol–water partition coefficient (Wildman–Crippen LogP) is -2.99. The summed E-state index contributed by atoms with van der Waals surface area (Å²) in [7, 11) is 0. The van der Waals surface area contributed by atoms with E-state index in [2.05, 4.69) is 30.8 Å². The lowest BCUT2D eigenvalue weighted by Crippen LogP contribution is -2.55. The van der Waals surface area contributed by atoms with Gasteiger partial charge in [-0.2, -0.15) is 4.99 Å². The molecule has 2 rings (SSSR count). The van der Waals surface area contributed by atoms with E-state index in [-0.39, 0.29) is 6.29 Å². The van der Waals surface area contributed by atoms with Crippen molar-refractivity contribution < 1.29 is 4.74 Å². The summed E-state index contributed by atoms with van der Waals surface area (Å²) >= 11 is 0. The fraction of sp³-hybridized carbons (Fsp3) is 0.818. The predicted molar refractivity (Wildman–Crippen MR) is 78.3 cm³/mol. The molecular formula is C11H24N8O. The van der Waals surface area contributed by atoms with E-state index in [0.717, 1.165) is 13.1 Å². The van der Waals surface area contributed by atoms with Crippen LogP contribution in [0.4, 0.5) is 0 Å². The van der Waals surface area contributed by atoms with E-state index in [0.29, 0.717) is 51.3 Å². The first-order chi connectivity index (χ1) is 9.83. The van der Waals surface area contributed by atoms with Crippen molar-refractivity contribution in [1.82, 2.24) is 20.9 Å². The standard InChI is InChI=1S/C11H24N8O/c12-1-3-14-9-16-10(15-4-2-13)18-11(17-9)19-5-7-20-8-6-19/h9,14H,1-8,12-13H2,(H2,15,16,17,18). The summed E-state index contributed by atoms with van der Waals surface area (Å²) in [5, 5.41) is 9.53. The lowest BCUT2D eigenvalue weighted by Gasteiger charge is -2.32. The SMILES string of the molecule is NCCNC1=NC(N2CCOCC2)=NC(NCCN)N1. The summed E-state index contributed by atoms with van der Waals surface area (Å²) < 4.78 is 5.35. The highest BCUT2D eigenvalue weighted by molar-refractivity contribution is 5.96. The Morgan fingerprint density at radius 2 is 2.00 bits per heavy atom. The number of morpholine rings is 1. The van der Waals surface area contributed by atoms with E-state index < -0.39 is 0 Å². The van der Waals surface area contributed by atoms with E-state index in [1.807, 2.05) is 0 Å². The molecule has 9 heteroatoms. The average molecular weight is 284 g/mol. The molecule has 0 aromatic heterocycles. The second kappa shape index (κ2) is 8.00. The second-order valence-electron chi connectivity index (χ2n) is 4.49. The van der Waals surface area contributed by atoms with Gasteiger partial charge >= 0.3 is 0 Å². The van der Waals surface area contributed by atoms with Gasteiger partial charge in [0.25, 0.3) is 0 Å². The van der Waals surface area contributed by atoms with Crippen LogP contribution in [0.1, 0.15) is 0 Å². The number of nitrogens with zero attached hydrogens (tertiary/aromatic N) is 3. The molecular weight excluding hydrogens is 260 g/mol. The highest BCUT2D eigenvalue weighted by Gasteiger charge is 2.21. The lowest BCUT2D eigenvalue weighted by molar-refractivity contribution is 0.0671. The quantitative estimate of drug-likeness (QED) is 0.364. The van der Waals surface area contributed by atoms with Crippen molar-refractivity contribution in [3.8, 4) is 0 Å². The van der Waals surface area contributed by atoms with Crippen LogP contribution in [0.2, 0.25) is 0 Å². The minimum absolute atomic E-state index is 0.228. The Hall–Kier alpha value is -1.42. The van der Waals surface area contributed by atoms with Crippen LogP contribution in [0.5, 0.6) is 0 Å². The van der Waals surface area contributed by atoms with Gasteiger partial charge in [-0.25, -0.2) is 4.99 Å². The fourth-order valence-corrected chi connectivity index (χ4v) is 1.95. The Kier molecular flexibility index (Phi) is 5.99. The van der Waals surface area contributed by atoms with E-state index in [1.165, 1.54) is 0 Å². The van der Waals surface area contributed by atoms with Gasteiger partial charge in [-0.1, -0.05) is 0 Å². The van der Waals surface area contributed by atoms with Crippen LogP contribution in [0, 0.1) is 0 Å². The van der Waals surface area contributed by atoms with Crippen molar-refractivity contribution in [3.05, 3.63) is 0 Å². The average Bonchev–Trinajstić information content (AvgIpc) is 2.51. The van der Waals surface area contributed by atoms with Gasteiger partial charge in [-0.15, -0.1) is 0 Å². The first-order valence-electron chi connectivity index (χ1n) is 6.96. The van der Waals surface area contributed by atoms with Crippen molar-refractivity contribution >= 4 is 11.9 Å². The van der Waals surface area contributed by atoms with Crippen molar-refractivity contribution in [2.45, 2.75) is 6.29 Å². The molecule has 2 aliphatic heterocycles. The summed E-state index contributed by atoms with van der Waals surface area (Å²) in [5.74, 6) is 1.39. The molecule has 0 aliphatic carbocycles. The smallest absolute Gasteiger partial charge is 0.227 e. The van der Waals surface area contributed by atoms with Crippen LogP contribution in [-0.2, 0) is 4.74 Å². The molecule has 0 aromatic rings. The van der Waals surface area contributed by atoms with Crippen molar-refractivity contribution in [2.24, 2.45) is 21.5 Å². The van der Waals surface area contributed by atoms with Gasteiger partial charge in [0.1, 0.15) is 0 Å². The number of hydrogen-bond acceptors (Lipinski definition) is 9. The maximum atomic E-state index is 5.51. The van der Waals surface area contributed by atoms with Crippen molar-refractivity contribution in [3.63, 3.8) is 0 Å². The number of hydrogen-bond donors (Lipinski definition) is 5. The molecule has 0 aromatic carbocycles. The molecule has 1 atom stereocenters. The van der Waals surface area contributed by atoms with Crippen molar-refractivity contribution in [2.75, 3.05) is 52.5 Å². The summed E-state index contributed by atoms with van der Waals surface area (Å²) in [6.07, 6.45) is -0.228. The number of nitrogens with one attached hydrogen (secondary N) is 3. The zero-order chi connectivity index (χ0) is 14.2. The molecule has 114 valence electrons. The van der Waals surface area contributed by atoms with Gasteiger partial charge < -0.3 is 31.7 Å². The third-order valence-corrected chi connectivity index (χ3v) is 2.94. The van der Waals surface area contributed by atoms with Crippen LogP contribution < -0.4 is 27.4 Å². The molecule has 1 saturated heterocycles. The maximum Gasteiger partial charge on any atom is 0.227 e. The maximum absolute atomic E-state index is 5.51.